The summed E-state index contributed by atoms with van der Waals surface area (Å²) in [6.07, 6.45) is 0.489. The van der Waals surface area contributed by atoms with Crippen molar-refractivity contribution >= 4 is 5.91 Å². The molecule has 3 heterocycles. The number of ether oxygens (including phenoxy) is 2. The lowest BCUT2D eigenvalue weighted by Gasteiger charge is -2.32. The van der Waals surface area contributed by atoms with Gasteiger partial charge in [-0.15, -0.1) is 13.2 Å². The van der Waals surface area contributed by atoms with Crippen LogP contribution in [-0.4, -0.2) is 54.0 Å². The Morgan fingerprint density at radius 1 is 1.33 bits per heavy atom. The Morgan fingerprint density at radius 2 is 2.17 bits per heavy atom. The van der Waals surface area contributed by atoms with Crippen LogP contribution < -0.4 is 10.1 Å². The predicted octanol–water partition coefficient (Wildman–Crippen LogP) is 3.05. The third-order valence-corrected chi connectivity index (χ3v) is 6.43. The molecule has 1 saturated heterocycles. The fraction of sp³-hybridized carbons (Fsp3) is 0.714. The highest BCUT2D eigenvalue weighted by Gasteiger charge is 2.36. The Hall–Kier alpha value is -1.87. The summed E-state index contributed by atoms with van der Waals surface area (Å²) in [5.74, 6) is 0.174. The van der Waals surface area contributed by atoms with Crippen LogP contribution in [0, 0.1) is 11.8 Å². The van der Waals surface area contributed by atoms with E-state index in [1.54, 1.807) is 4.90 Å². The molecule has 30 heavy (non-hydrogen) atoms. The number of fused-ring (bicyclic) bond motifs is 1. The summed E-state index contributed by atoms with van der Waals surface area (Å²) in [7, 11) is 0. The van der Waals surface area contributed by atoms with Gasteiger partial charge in [0, 0.05) is 49.8 Å². The van der Waals surface area contributed by atoms with Crippen LogP contribution in [-0.2, 0) is 22.5 Å². The second kappa shape index (κ2) is 8.70. The second-order valence-corrected chi connectivity index (χ2v) is 8.66. The van der Waals surface area contributed by atoms with E-state index in [0.717, 1.165) is 50.8 Å². The van der Waals surface area contributed by atoms with Crippen LogP contribution in [0.3, 0.4) is 0 Å². The minimum Gasteiger partial charge on any atom is -0.404 e. The normalized spacial score (nSPS) is 29.5. The highest BCUT2D eigenvalue weighted by Crippen LogP contribution is 2.32. The summed E-state index contributed by atoms with van der Waals surface area (Å²) in [6.45, 7) is 4.56. The molecule has 4 unspecified atom stereocenters. The topological polar surface area (TPSA) is 63.7 Å². The lowest BCUT2D eigenvalue weighted by atomic mass is 9.96. The van der Waals surface area contributed by atoms with Crippen molar-refractivity contribution in [2.24, 2.45) is 11.8 Å². The number of carbonyl (C=O) groups excluding carboxylic acids is 1. The van der Waals surface area contributed by atoms with Crippen LogP contribution >= 0.6 is 0 Å². The molecule has 0 bridgehead atoms. The van der Waals surface area contributed by atoms with Gasteiger partial charge >= 0.3 is 6.36 Å². The number of hydrogen-bond acceptors (Lipinski definition) is 5. The quantitative estimate of drug-likeness (QED) is 0.800. The van der Waals surface area contributed by atoms with Gasteiger partial charge in [0.25, 0.3) is 0 Å². The number of hydrogen-bond donors (Lipinski definition) is 1. The number of carbonyl (C=O) groups is 1. The zero-order valence-corrected chi connectivity index (χ0v) is 17.1. The molecule has 0 aromatic carbocycles. The average Bonchev–Trinajstić information content (AvgIpc) is 3.16. The maximum atomic E-state index is 13.1. The maximum Gasteiger partial charge on any atom is 0.573 e. The molecule has 0 spiro atoms. The first kappa shape index (κ1) is 21.4. The molecule has 4 atom stereocenters. The van der Waals surface area contributed by atoms with Gasteiger partial charge in [-0.3, -0.25) is 9.78 Å². The zero-order valence-electron chi connectivity index (χ0n) is 17.1. The van der Waals surface area contributed by atoms with E-state index in [-0.39, 0.29) is 24.1 Å². The Balaban J connectivity index is 1.34. The van der Waals surface area contributed by atoms with Crippen LogP contribution in [0.4, 0.5) is 13.2 Å². The first-order valence-corrected chi connectivity index (χ1v) is 10.6. The van der Waals surface area contributed by atoms with Crippen molar-refractivity contribution in [2.75, 3.05) is 19.8 Å². The summed E-state index contributed by atoms with van der Waals surface area (Å²) >= 11 is 0. The molecular weight excluding hydrogens is 399 g/mol. The molecule has 166 valence electrons. The number of halogens is 3. The monoisotopic (exact) mass is 427 g/mol. The van der Waals surface area contributed by atoms with Crippen molar-refractivity contribution in [3.8, 4) is 5.75 Å². The molecule has 1 saturated carbocycles. The summed E-state index contributed by atoms with van der Waals surface area (Å²) in [4.78, 5) is 18.9. The Kier molecular flexibility index (Phi) is 6.20. The first-order chi connectivity index (χ1) is 14.3. The largest absolute Gasteiger partial charge is 0.573 e. The number of rotatable bonds is 4. The van der Waals surface area contributed by atoms with Crippen LogP contribution in [0.5, 0.6) is 5.75 Å². The number of nitrogens with zero attached hydrogens (tertiary/aromatic N) is 2. The van der Waals surface area contributed by atoms with Gasteiger partial charge in [0.1, 0.15) is 5.75 Å². The molecule has 1 amide bonds. The van der Waals surface area contributed by atoms with Gasteiger partial charge in [0.05, 0.1) is 12.8 Å². The standard InChI is InChI=1S/C21H28F3N3O3/c1-13-12-29-7-5-18(13)26-16-3-2-14(8-16)20(28)27-6-4-19-15(11-27)9-17(10-25-19)30-21(22,23)24/h9-10,13-14,16,18,26H,2-8,11-12H2,1H3. The molecule has 1 aromatic heterocycles. The minimum absolute atomic E-state index is 0.0400. The Labute approximate surface area is 174 Å². The summed E-state index contributed by atoms with van der Waals surface area (Å²) < 4.78 is 46.9. The fourth-order valence-electron chi connectivity index (χ4n) is 4.83. The highest BCUT2D eigenvalue weighted by molar-refractivity contribution is 5.79. The van der Waals surface area contributed by atoms with Crippen LogP contribution in [0.15, 0.2) is 12.3 Å². The third kappa shape index (κ3) is 5.06. The first-order valence-electron chi connectivity index (χ1n) is 10.6. The number of aromatic nitrogens is 1. The molecule has 6 nitrogen and oxygen atoms in total. The molecular formula is C21H28F3N3O3. The van der Waals surface area contributed by atoms with E-state index in [1.165, 1.54) is 6.07 Å². The number of amides is 1. The summed E-state index contributed by atoms with van der Waals surface area (Å²) in [6, 6.07) is 2.11. The van der Waals surface area contributed by atoms with Gasteiger partial charge < -0.3 is 19.7 Å². The highest BCUT2D eigenvalue weighted by atomic mass is 19.4. The van der Waals surface area contributed by atoms with Crippen molar-refractivity contribution < 1.29 is 27.4 Å². The van der Waals surface area contributed by atoms with E-state index in [0.29, 0.717) is 36.5 Å². The van der Waals surface area contributed by atoms with Gasteiger partial charge in [-0.25, -0.2) is 0 Å². The molecule has 0 radical (unpaired) electrons. The van der Waals surface area contributed by atoms with Crippen LogP contribution in [0.1, 0.15) is 43.9 Å². The fourth-order valence-corrected chi connectivity index (χ4v) is 4.83. The minimum atomic E-state index is -4.76. The Morgan fingerprint density at radius 3 is 2.93 bits per heavy atom. The number of pyridine rings is 1. The van der Waals surface area contributed by atoms with Crippen molar-refractivity contribution in [3.63, 3.8) is 0 Å². The Bertz CT molecular complexity index is 774. The molecule has 2 aliphatic heterocycles. The van der Waals surface area contributed by atoms with Gasteiger partial charge in [-0.2, -0.15) is 0 Å². The molecule has 1 aromatic rings. The van der Waals surface area contributed by atoms with Crippen molar-refractivity contribution in [1.82, 2.24) is 15.2 Å². The van der Waals surface area contributed by atoms with Crippen molar-refractivity contribution in [1.29, 1.82) is 0 Å². The van der Waals surface area contributed by atoms with Gasteiger partial charge in [0.15, 0.2) is 0 Å². The molecule has 4 rings (SSSR count). The smallest absolute Gasteiger partial charge is 0.404 e. The lowest BCUT2D eigenvalue weighted by Crippen LogP contribution is -2.46. The maximum absolute atomic E-state index is 13.1. The second-order valence-electron chi connectivity index (χ2n) is 8.66. The van der Waals surface area contributed by atoms with Crippen molar-refractivity contribution in [2.45, 2.75) is 64.0 Å². The van der Waals surface area contributed by atoms with E-state index in [1.807, 2.05) is 0 Å². The van der Waals surface area contributed by atoms with E-state index in [9.17, 15) is 18.0 Å². The molecule has 1 aliphatic carbocycles. The molecule has 2 fully saturated rings. The predicted molar refractivity (Wildman–Crippen MR) is 103 cm³/mol. The van der Waals surface area contributed by atoms with E-state index in [2.05, 4.69) is 22.0 Å². The lowest BCUT2D eigenvalue weighted by molar-refractivity contribution is -0.274. The third-order valence-electron chi connectivity index (χ3n) is 6.43. The van der Waals surface area contributed by atoms with E-state index >= 15 is 0 Å². The molecule has 9 heteroatoms. The summed E-state index contributed by atoms with van der Waals surface area (Å²) in [5.41, 5.74) is 1.35. The SMILES string of the molecule is CC1COCCC1NC1CCC(C(=O)N2CCc3ncc(OC(F)(F)F)cc3C2)C1. The van der Waals surface area contributed by atoms with Gasteiger partial charge in [-0.05, 0) is 43.2 Å². The van der Waals surface area contributed by atoms with Crippen LogP contribution in [0.2, 0.25) is 0 Å². The number of alkyl halides is 3. The summed E-state index contributed by atoms with van der Waals surface area (Å²) in [5, 5.41) is 3.72. The molecule has 1 N–H and O–H groups in total. The molecule has 3 aliphatic rings. The number of nitrogens with one attached hydrogen (secondary N) is 1. The average molecular weight is 427 g/mol. The van der Waals surface area contributed by atoms with Crippen molar-refractivity contribution in [3.05, 3.63) is 23.5 Å². The van der Waals surface area contributed by atoms with E-state index in [4.69, 9.17) is 4.74 Å². The zero-order chi connectivity index (χ0) is 21.3. The van der Waals surface area contributed by atoms with Gasteiger partial charge in [0.2, 0.25) is 5.91 Å². The van der Waals surface area contributed by atoms with E-state index < -0.39 is 6.36 Å². The van der Waals surface area contributed by atoms with Gasteiger partial charge in [-0.1, -0.05) is 6.92 Å². The van der Waals surface area contributed by atoms with Crippen LogP contribution in [0.25, 0.3) is 0 Å².